The zero-order valence-electron chi connectivity index (χ0n) is 9.65. The molecular formula is C12H16N4S. The Bertz CT molecular complexity index is 490. The standard InChI is InChI=1S/C12H16N4S/c1-2-9(13-5-1)3-6-14-12-11-10(4-7-17-11)15-8-16-12/h4,7-9,13H,1-3,5-6H2,(H,14,15,16)/t9-/m0/s1. The summed E-state index contributed by atoms with van der Waals surface area (Å²) >= 11 is 1.69. The number of nitrogens with one attached hydrogen (secondary N) is 2. The van der Waals surface area contributed by atoms with Gasteiger partial charge in [0.25, 0.3) is 0 Å². The van der Waals surface area contributed by atoms with E-state index in [1.165, 1.54) is 19.4 Å². The van der Waals surface area contributed by atoms with Crippen LogP contribution < -0.4 is 10.6 Å². The first-order valence-corrected chi connectivity index (χ1v) is 6.97. The Kier molecular flexibility index (Phi) is 3.20. The van der Waals surface area contributed by atoms with Gasteiger partial charge in [-0.2, -0.15) is 0 Å². The average molecular weight is 248 g/mol. The van der Waals surface area contributed by atoms with E-state index >= 15 is 0 Å². The first-order chi connectivity index (χ1) is 8.43. The smallest absolute Gasteiger partial charge is 0.147 e. The van der Waals surface area contributed by atoms with Gasteiger partial charge in [-0.05, 0) is 37.3 Å². The number of hydrogen-bond acceptors (Lipinski definition) is 5. The van der Waals surface area contributed by atoms with Crippen molar-refractivity contribution < 1.29 is 0 Å². The number of rotatable bonds is 4. The molecule has 0 spiro atoms. The van der Waals surface area contributed by atoms with Crippen LogP contribution in [-0.2, 0) is 0 Å². The lowest BCUT2D eigenvalue weighted by Gasteiger charge is -2.11. The van der Waals surface area contributed by atoms with Crippen LogP contribution in [0.4, 0.5) is 5.82 Å². The number of aromatic nitrogens is 2. The van der Waals surface area contributed by atoms with E-state index in [0.29, 0.717) is 6.04 Å². The molecule has 2 N–H and O–H groups in total. The number of anilines is 1. The van der Waals surface area contributed by atoms with Gasteiger partial charge < -0.3 is 10.6 Å². The molecule has 0 amide bonds. The third kappa shape index (κ3) is 2.40. The molecule has 90 valence electrons. The van der Waals surface area contributed by atoms with Crippen LogP contribution in [0.1, 0.15) is 19.3 Å². The fourth-order valence-electron chi connectivity index (χ4n) is 2.28. The van der Waals surface area contributed by atoms with Crippen molar-refractivity contribution in [3.8, 4) is 0 Å². The summed E-state index contributed by atoms with van der Waals surface area (Å²) in [4.78, 5) is 8.55. The lowest BCUT2D eigenvalue weighted by atomic mass is 10.1. The third-order valence-electron chi connectivity index (χ3n) is 3.19. The van der Waals surface area contributed by atoms with Gasteiger partial charge in [0.15, 0.2) is 0 Å². The van der Waals surface area contributed by atoms with Gasteiger partial charge in [-0.1, -0.05) is 0 Å². The molecule has 5 heteroatoms. The Morgan fingerprint density at radius 1 is 1.47 bits per heavy atom. The molecule has 0 radical (unpaired) electrons. The molecule has 1 fully saturated rings. The summed E-state index contributed by atoms with van der Waals surface area (Å²) in [5.74, 6) is 0.975. The van der Waals surface area contributed by atoms with E-state index in [9.17, 15) is 0 Å². The molecule has 0 unspecified atom stereocenters. The fourth-order valence-corrected chi connectivity index (χ4v) is 3.09. The number of thiophene rings is 1. The molecule has 1 aliphatic rings. The summed E-state index contributed by atoms with van der Waals surface area (Å²) in [5, 5.41) is 8.98. The highest BCUT2D eigenvalue weighted by molar-refractivity contribution is 7.17. The minimum Gasteiger partial charge on any atom is -0.369 e. The number of nitrogens with zero attached hydrogens (tertiary/aromatic N) is 2. The zero-order valence-corrected chi connectivity index (χ0v) is 10.5. The van der Waals surface area contributed by atoms with Crippen molar-refractivity contribution in [1.29, 1.82) is 0 Å². The second-order valence-electron chi connectivity index (χ2n) is 4.37. The topological polar surface area (TPSA) is 49.8 Å². The van der Waals surface area contributed by atoms with Gasteiger partial charge in [0, 0.05) is 12.6 Å². The average Bonchev–Trinajstić information content (AvgIpc) is 2.99. The van der Waals surface area contributed by atoms with E-state index in [4.69, 9.17) is 0 Å². The molecular weight excluding hydrogens is 232 g/mol. The van der Waals surface area contributed by atoms with Crippen LogP contribution >= 0.6 is 11.3 Å². The monoisotopic (exact) mass is 248 g/mol. The summed E-state index contributed by atoms with van der Waals surface area (Å²) in [6.07, 6.45) is 5.41. The quantitative estimate of drug-likeness (QED) is 0.871. The molecule has 3 rings (SSSR count). The predicted molar refractivity (Wildman–Crippen MR) is 71.5 cm³/mol. The molecule has 1 aliphatic heterocycles. The van der Waals surface area contributed by atoms with E-state index in [1.54, 1.807) is 17.7 Å². The molecule has 3 heterocycles. The Balaban J connectivity index is 1.62. The first kappa shape index (κ1) is 10.9. The summed E-state index contributed by atoms with van der Waals surface area (Å²) in [6.45, 7) is 2.15. The molecule has 0 bridgehead atoms. The van der Waals surface area contributed by atoms with Gasteiger partial charge in [-0.25, -0.2) is 9.97 Å². The second kappa shape index (κ2) is 4.98. The Hall–Kier alpha value is -1.20. The SMILES string of the molecule is c1nc(NCC[C@@H]2CCCN2)c2sccc2n1. The van der Waals surface area contributed by atoms with Gasteiger partial charge in [0.2, 0.25) is 0 Å². The van der Waals surface area contributed by atoms with Crippen LogP contribution in [0, 0.1) is 0 Å². The molecule has 2 aromatic heterocycles. The van der Waals surface area contributed by atoms with Crippen LogP contribution in [0.3, 0.4) is 0 Å². The summed E-state index contributed by atoms with van der Waals surface area (Å²) in [5.41, 5.74) is 1.03. The van der Waals surface area contributed by atoms with Gasteiger partial charge >= 0.3 is 0 Å². The minimum atomic E-state index is 0.683. The number of fused-ring (bicyclic) bond motifs is 1. The van der Waals surface area contributed by atoms with Crippen LogP contribution in [0.15, 0.2) is 17.8 Å². The van der Waals surface area contributed by atoms with Crippen LogP contribution in [-0.4, -0.2) is 29.1 Å². The van der Waals surface area contributed by atoms with Gasteiger partial charge in [-0.3, -0.25) is 0 Å². The van der Waals surface area contributed by atoms with Crippen molar-refractivity contribution in [1.82, 2.24) is 15.3 Å². The third-order valence-corrected chi connectivity index (χ3v) is 4.10. The largest absolute Gasteiger partial charge is 0.369 e. The maximum atomic E-state index is 4.31. The fraction of sp³-hybridized carbons (Fsp3) is 0.500. The van der Waals surface area contributed by atoms with E-state index < -0.39 is 0 Å². The van der Waals surface area contributed by atoms with Crippen molar-refractivity contribution in [3.05, 3.63) is 17.8 Å². The normalized spacial score (nSPS) is 19.9. The molecule has 17 heavy (non-hydrogen) atoms. The predicted octanol–water partition coefficient (Wildman–Crippen LogP) is 2.25. The van der Waals surface area contributed by atoms with Crippen molar-refractivity contribution in [2.24, 2.45) is 0 Å². The van der Waals surface area contributed by atoms with E-state index in [1.807, 2.05) is 6.07 Å². The van der Waals surface area contributed by atoms with E-state index in [0.717, 1.165) is 29.0 Å². The lowest BCUT2D eigenvalue weighted by molar-refractivity contribution is 0.574. The number of hydrogen-bond donors (Lipinski definition) is 2. The van der Waals surface area contributed by atoms with Crippen molar-refractivity contribution >= 4 is 27.4 Å². The Morgan fingerprint density at radius 2 is 2.47 bits per heavy atom. The highest BCUT2D eigenvalue weighted by Gasteiger charge is 2.13. The molecule has 0 aliphatic carbocycles. The summed E-state index contributed by atoms with van der Waals surface area (Å²) < 4.78 is 1.16. The van der Waals surface area contributed by atoms with Crippen LogP contribution in [0.25, 0.3) is 10.2 Å². The summed E-state index contributed by atoms with van der Waals surface area (Å²) in [6, 6.07) is 2.72. The zero-order chi connectivity index (χ0) is 11.5. The molecule has 1 saturated heterocycles. The highest BCUT2D eigenvalue weighted by Crippen LogP contribution is 2.24. The lowest BCUT2D eigenvalue weighted by Crippen LogP contribution is -2.24. The molecule has 0 saturated carbocycles. The second-order valence-corrected chi connectivity index (χ2v) is 5.28. The van der Waals surface area contributed by atoms with Crippen molar-refractivity contribution in [2.45, 2.75) is 25.3 Å². The first-order valence-electron chi connectivity index (χ1n) is 6.09. The van der Waals surface area contributed by atoms with Crippen LogP contribution in [0.2, 0.25) is 0 Å². The Labute approximate surface area is 104 Å². The molecule has 0 aromatic carbocycles. The maximum absolute atomic E-state index is 4.31. The molecule has 4 nitrogen and oxygen atoms in total. The maximum Gasteiger partial charge on any atom is 0.147 e. The molecule has 1 atom stereocenters. The van der Waals surface area contributed by atoms with Gasteiger partial charge in [0.1, 0.15) is 12.1 Å². The van der Waals surface area contributed by atoms with Crippen molar-refractivity contribution in [2.75, 3.05) is 18.4 Å². The van der Waals surface area contributed by atoms with Crippen LogP contribution in [0.5, 0.6) is 0 Å². The van der Waals surface area contributed by atoms with E-state index in [-0.39, 0.29) is 0 Å². The highest BCUT2D eigenvalue weighted by atomic mass is 32.1. The summed E-state index contributed by atoms with van der Waals surface area (Å²) in [7, 11) is 0. The van der Waals surface area contributed by atoms with Gasteiger partial charge in [-0.15, -0.1) is 11.3 Å². The van der Waals surface area contributed by atoms with Crippen molar-refractivity contribution in [3.63, 3.8) is 0 Å². The van der Waals surface area contributed by atoms with Gasteiger partial charge in [0.05, 0.1) is 10.2 Å². The van der Waals surface area contributed by atoms with E-state index in [2.05, 4.69) is 26.0 Å². The minimum absolute atomic E-state index is 0.683. The molecule has 2 aromatic rings. The Morgan fingerprint density at radius 3 is 3.35 bits per heavy atom.